The second kappa shape index (κ2) is 10.1. The van der Waals surface area contributed by atoms with E-state index in [1.165, 1.54) is 37.0 Å². The monoisotopic (exact) mass is 410 g/mol. The highest BCUT2D eigenvalue weighted by Crippen LogP contribution is 2.33. The molecule has 158 valence electrons. The summed E-state index contributed by atoms with van der Waals surface area (Å²) in [6, 6.07) is 13.7. The third-order valence-electron chi connectivity index (χ3n) is 4.93. The van der Waals surface area contributed by atoms with E-state index in [1.54, 1.807) is 30.1 Å². The number of unbranched alkanes of at least 4 members (excludes halogenated alkanes) is 3. The molecule has 0 radical (unpaired) electrons. The first-order valence-corrected chi connectivity index (χ1v) is 10.3. The van der Waals surface area contributed by atoms with Gasteiger partial charge < -0.3 is 14.7 Å². The molecule has 3 aromatic rings. The fraction of sp³-hybridized carbons (Fsp3) is 0.333. The lowest BCUT2D eigenvalue weighted by molar-refractivity contribution is -0.135. The quantitative estimate of drug-likeness (QED) is 0.427. The number of carboxylic acids is 1. The Kier molecular flexibility index (Phi) is 7.22. The molecule has 2 aromatic carbocycles. The number of aliphatic carboxylic acids is 1. The van der Waals surface area contributed by atoms with Crippen molar-refractivity contribution in [1.82, 2.24) is 4.98 Å². The van der Waals surface area contributed by atoms with Crippen LogP contribution in [0.2, 0.25) is 0 Å². The number of halogens is 1. The number of hydrogen-bond donors (Lipinski definition) is 1. The van der Waals surface area contributed by atoms with E-state index in [4.69, 9.17) is 9.84 Å². The van der Waals surface area contributed by atoms with Gasteiger partial charge in [-0.1, -0.05) is 38.3 Å². The summed E-state index contributed by atoms with van der Waals surface area (Å²) in [6.45, 7) is 2.00. The third-order valence-corrected chi connectivity index (χ3v) is 4.93. The van der Waals surface area contributed by atoms with Gasteiger partial charge >= 0.3 is 5.97 Å². The Hall–Kier alpha value is -3.15. The third kappa shape index (κ3) is 5.69. The van der Waals surface area contributed by atoms with Crippen LogP contribution in [0.5, 0.6) is 11.5 Å². The molecule has 3 rings (SSSR count). The molecule has 0 aliphatic carbocycles. The van der Waals surface area contributed by atoms with E-state index in [0.29, 0.717) is 22.8 Å². The number of aromatic nitrogens is 1. The fourth-order valence-electron chi connectivity index (χ4n) is 3.36. The fourth-order valence-corrected chi connectivity index (χ4v) is 3.36. The smallest absolute Gasteiger partial charge is 0.323 e. The Morgan fingerprint density at radius 1 is 1.13 bits per heavy atom. The van der Waals surface area contributed by atoms with E-state index < -0.39 is 5.97 Å². The number of rotatable bonds is 10. The maximum absolute atomic E-state index is 13.6. The lowest BCUT2D eigenvalue weighted by Crippen LogP contribution is -2.25. The van der Waals surface area contributed by atoms with Crippen molar-refractivity contribution in [2.75, 3.05) is 18.5 Å². The number of hydrogen-bond acceptors (Lipinski definition) is 4. The van der Waals surface area contributed by atoms with Crippen molar-refractivity contribution in [2.45, 2.75) is 39.0 Å². The van der Waals surface area contributed by atoms with Gasteiger partial charge in [0.2, 0.25) is 0 Å². The van der Waals surface area contributed by atoms with Gasteiger partial charge in [0.05, 0.1) is 5.52 Å². The number of carboxylic acid groups (broad SMARTS) is 1. The van der Waals surface area contributed by atoms with Crippen LogP contribution in [0.3, 0.4) is 0 Å². The summed E-state index contributed by atoms with van der Waals surface area (Å²) in [6.07, 6.45) is 5.70. The number of likely N-dealkylation sites (N-methyl/N-ethyl adjacent to an activating group) is 1. The van der Waals surface area contributed by atoms with Crippen LogP contribution < -0.4 is 9.64 Å². The molecule has 0 aliphatic heterocycles. The number of nitrogens with zero attached hydrogens (tertiary/aromatic N) is 2. The van der Waals surface area contributed by atoms with Crippen LogP contribution in [-0.2, 0) is 11.2 Å². The van der Waals surface area contributed by atoms with Gasteiger partial charge in [-0.15, -0.1) is 0 Å². The van der Waals surface area contributed by atoms with E-state index in [1.807, 2.05) is 12.1 Å². The van der Waals surface area contributed by atoms with Gasteiger partial charge in [-0.05, 0) is 42.7 Å². The van der Waals surface area contributed by atoms with Crippen molar-refractivity contribution in [3.63, 3.8) is 0 Å². The first-order valence-electron chi connectivity index (χ1n) is 10.3. The Labute approximate surface area is 176 Å². The first-order chi connectivity index (χ1) is 14.5. The topological polar surface area (TPSA) is 62.7 Å². The molecule has 30 heavy (non-hydrogen) atoms. The SMILES string of the molecule is CCCCCCc1ccc2nc(N(C)CC(=O)O)cc(Oc3cccc(F)c3)c2c1. The van der Waals surface area contributed by atoms with Gasteiger partial charge in [0.15, 0.2) is 0 Å². The summed E-state index contributed by atoms with van der Waals surface area (Å²) in [4.78, 5) is 17.3. The van der Waals surface area contributed by atoms with Crippen LogP contribution in [0.4, 0.5) is 10.2 Å². The first kappa shape index (κ1) is 21.6. The largest absolute Gasteiger partial charge is 0.480 e. The van der Waals surface area contributed by atoms with Crippen molar-refractivity contribution >= 4 is 22.7 Å². The standard InChI is InChI=1S/C24H27FN2O3/c1-3-4-5-6-8-17-11-12-21-20(13-17)22(30-19-10-7-9-18(25)14-19)15-23(26-21)27(2)16-24(28)29/h7,9-15H,3-6,8,16H2,1-2H3,(H,28,29). The zero-order valence-electron chi connectivity index (χ0n) is 17.4. The Bertz CT molecular complexity index is 1020. The van der Waals surface area contributed by atoms with E-state index in [2.05, 4.69) is 18.0 Å². The normalized spacial score (nSPS) is 10.9. The molecule has 0 atom stereocenters. The van der Waals surface area contributed by atoms with E-state index in [0.717, 1.165) is 18.2 Å². The molecule has 0 saturated heterocycles. The number of ether oxygens (including phenoxy) is 1. The number of fused-ring (bicyclic) bond motifs is 1. The predicted molar refractivity (Wildman–Crippen MR) is 117 cm³/mol. The number of pyridine rings is 1. The molecular weight excluding hydrogens is 383 g/mol. The molecule has 0 unspecified atom stereocenters. The highest BCUT2D eigenvalue weighted by Gasteiger charge is 2.14. The zero-order valence-corrected chi connectivity index (χ0v) is 17.4. The van der Waals surface area contributed by atoms with E-state index in [9.17, 15) is 9.18 Å². The number of benzene rings is 2. The molecule has 0 amide bonds. The molecule has 0 fully saturated rings. The van der Waals surface area contributed by atoms with Gasteiger partial charge in [-0.25, -0.2) is 9.37 Å². The molecule has 0 bridgehead atoms. The highest BCUT2D eigenvalue weighted by molar-refractivity contribution is 5.88. The van der Waals surface area contributed by atoms with Crippen molar-refractivity contribution in [3.05, 3.63) is 59.9 Å². The Balaban J connectivity index is 1.98. The summed E-state index contributed by atoms with van der Waals surface area (Å²) in [5.74, 6) is 0.0445. The molecular formula is C24H27FN2O3. The molecule has 1 N–H and O–H groups in total. The summed E-state index contributed by atoms with van der Waals surface area (Å²) in [7, 11) is 1.66. The van der Waals surface area contributed by atoms with Gasteiger partial charge in [-0.2, -0.15) is 0 Å². The van der Waals surface area contributed by atoms with E-state index >= 15 is 0 Å². The van der Waals surface area contributed by atoms with Crippen LogP contribution >= 0.6 is 0 Å². The molecule has 5 nitrogen and oxygen atoms in total. The molecule has 1 heterocycles. The van der Waals surface area contributed by atoms with Crippen LogP contribution in [-0.4, -0.2) is 29.7 Å². The van der Waals surface area contributed by atoms with Gasteiger partial charge in [0.25, 0.3) is 0 Å². The Morgan fingerprint density at radius 2 is 1.97 bits per heavy atom. The second-order valence-electron chi connectivity index (χ2n) is 7.45. The number of anilines is 1. The lowest BCUT2D eigenvalue weighted by atomic mass is 10.0. The van der Waals surface area contributed by atoms with Gasteiger partial charge in [0.1, 0.15) is 29.7 Å². The summed E-state index contributed by atoms with van der Waals surface area (Å²) < 4.78 is 19.6. The molecule has 0 spiro atoms. The lowest BCUT2D eigenvalue weighted by Gasteiger charge is -2.18. The van der Waals surface area contributed by atoms with Crippen LogP contribution in [0.15, 0.2) is 48.5 Å². The van der Waals surface area contributed by atoms with Gasteiger partial charge in [-0.3, -0.25) is 4.79 Å². The zero-order chi connectivity index (χ0) is 21.5. The van der Waals surface area contributed by atoms with Crippen LogP contribution in [0.1, 0.15) is 38.2 Å². The number of aryl methyl sites for hydroxylation is 1. The van der Waals surface area contributed by atoms with Gasteiger partial charge in [0, 0.05) is 24.6 Å². The number of carbonyl (C=O) groups is 1. The molecule has 1 aromatic heterocycles. The van der Waals surface area contributed by atoms with Crippen LogP contribution in [0, 0.1) is 5.82 Å². The minimum Gasteiger partial charge on any atom is -0.480 e. The minimum absolute atomic E-state index is 0.187. The highest BCUT2D eigenvalue weighted by atomic mass is 19.1. The average molecular weight is 410 g/mol. The van der Waals surface area contributed by atoms with Crippen LogP contribution in [0.25, 0.3) is 10.9 Å². The maximum atomic E-state index is 13.6. The summed E-state index contributed by atoms with van der Waals surface area (Å²) in [5.41, 5.74) is 1.89. The summed E-state index contributed by atoms with van der Waals surface area (Å²) >= 11 is 0. The van der Waals surface area contributed by atoms with Crippen molar-refractivity contribution in [2.24, 2.45) is 0 Å². The summed E-state index contributed by atoms with van der Waals surface area (Å²) in [5, 5.41) is 9.93. The average Bonchev–Trinajstić information content (AvgIpc) is 2.71. The molecule has 6 heteroatoms. The van der Waals surface area contributed by atoms with E-state index in [-0.39, 0.29) is 12.4 Å². The van der Waals surface area contributed by atoms with Crippen molar-refractivity contribution in [3.8, 4) is 11.5 Å². The molecule has 0 saturated carbocycles. The predicted octanol–water partition coefficient (Wildman–Crippen LogP) is 5.81. The Morgan fingerprint density at radius 3 is 2.70 bits per heavy atom. The van der Waals surface area contributed by atoms with Crippen molar-refractivity contribution in [1.29, 1.82) is 0 Å². The van der Waals surface area contributed by atoms with Crippen molar-refractivity contribution < 1.29 is 19.0 Å². The molecule has 0 aliphatic rings. The maximum Gasteiger partial charge on any atom is 0.323 e. The second-order valence-corrected chi connectivity index (χ2v) is 7.45. The minimum atomic E-state index is -0.950.